The van der Waals surface area contributed by atoms with E-state index in [2.05, 4.69) is 43.7 Å². The Kier molecular flexibility index (Phi) is 8.63. The van der Waals surface area contributed by atoms with E-state index < -0.39 is 0 Å². The van der Waals surface area contributed by atoms with E-state index in [9.17, 15) is 9.18 Å². The monoisotopic (exact) mass is 614 g/mol. The van der Waals surface area contributed by atoms with Gasteiger partial charge in [-0.05, 0) is 88.6 Å². The second-order valence-corrected chi connectivity index (χ2v) is 10.6. The van der Waals surface area contributed by atoms with E-state index in [4.69, 9.17) is 4.74 Å². The highest BCUT2D eigenvalue weighted by atomic mass is 79.9. The molecule has 9 heteroatoms. The molecule has 0 fully saturated rings. The van der Waals surface area contributed by atoms with Crippen LogP contribution in [0.15, 0.2) is 106 Å². The van der Waals surface area contributed by atoms with Gasteiger partial charge in [0, 0.05) is 22.2 Å². The Morgan fingerprint density at radius 1 is 1.05 bits per heavy atom. The molecule has 1 heterocycles. The van der Waals surface area contributed by atoms with Crippen LogP contribution >= 0.6 is 27.3 Å². The fourth-order valence-electron chi connectivity index (χ4n) is 3.75. The average Bonchev–Trinajstić information content (AvgIpc) is 3.42. The third kappa shape index (κ3) is 7.19. The van der Waals surface area contributed by atoms with Crippen molar-refractivity contribution in [2.24, 2.45) is 5.10 Å². The highest BCUT2D eigenvalue weighted by molar-refractivity contribution is 9.10. The predicted molar refractivity (Wildman–Crippen MR) is 162 cm³/mol. The molecule has 2 N–H and O–H groups in total. The minimum Gasteiger partial charge on any atom is -0.488 e. The van der Waals surface area contributed by atoms with Crippen molar-refractivity contribution in [1.29, 1.82) is 0 Å². The Bertz CT molecular complexity index is 1650. The number of benzene rings is 4. The van der Waals surface area contributed by atoms with E-state index in [1.807, 2.05) is 53.9 Å². The molecule has 0 saturated carbocycles. The number of ether oxygens (including phenoxy) is 1. The molecule has 1 amide bonds. The molecule has 0 radical (unpaired) electrons. The van der Waals surface area contributed by atoms with E-state index in [0.717, 1.165) is 33.2 Å². The summed E-state index contributed by atoms with van der Waals surface area (Å²) in [6.45, 7) is 2.29. The van der Waals surface area contributed by atoms with Crippen LogP contribution in [0.3, 0.4) is 0 Å². The molecule has 5 aromatic rings. The number of halogens is 2. The lowest BCUT2D eigenvalue weighted by molar-refractivity contribution is 0.0955. The summed E-state index contributed by atoms with van der Waals surface area (Å²) < 4.78 is 19.8. The molecular formula is C31H24BrFN4O2S. The summed E-state index contributed by atoms with van der Waals surface area (Å²) >= 11 is 5.00. The second kappa shape index (κ2) is 12.7. The standard InChI is InChI=1S/C31H24BrFN4O2S/c1-20-5-12-26(13-6-20)35-31-36-28(19-40-31)23-8-10-24(11-9-23)30(38)37-34-17-21-7-14-29(27(32)16-21)39-18-22-3-2-4-25(33)15-22/h2-17,19H,18H2,1H3,(H,35,36)(H,37,38)/b34-17-. The number of thiazole rings is 1. The van der Waals surface area contributed by atoms with Gasteiger partial charge < -0.3 is 10.1 Å². The van der Waals surface area contributed by atoms with Crippen molar-refractivity contribution < 1.29 is 13.9 Å². The Balaban J connectivity index is 1.14. The number of nitrogens with one attached hydrogen (secondary N) is 2. The van der Waals surface area contributed by atoms with E-state index in [1.165, 1.54) is 29.0 Å². The van der Waals surface area contributed by atoms with Crippen molar-refractivity contribution in [3.05, 3.63) is 129 Å². The van der Waals surface area contributed by atoms with E-state index in [1.54, 1.807) is 36.5 Å². The average molecular weight is 616 g/mol. The van der Waals surface area contributed by atoms with Crippen LogP contribution in [0.5, 0.6) is 5.75 Å². The number of nitrogens with zero attached hydrogens (tertiary/aromatic N) is 2. The van der Waals surface area contributed by atoms with Gasteiger partial charge in [-0.25, -0.2) is 14.8 Å². The zero-order valence-electron chi connectivity index (χ0n) is 21.4. The number of hydrazone groups is 1. The van der Waals surface area contributed by atoms with E-state index in [0.29, 0.717) is 15.8 Å². The van der Waals surface area contributed by atoms with Crippen LogP contribution < -0.4 is 15.5 Å². The fourth-order valence-corrected chi connectivity index (χ4v) is 5.00. The van der Waals surface area contributed by atoms with Gasteiger partial charge in [0.05, 0.1) is 16.4 Å². The SMILES string of the molecule is Cc1ccc(Nc2nc(-c3ccc(C(=O)N/N=C\c4ccc(OCc5cccc(F)c5)c(Br)c4)cc3)cs2)cc1. The molecule has 5 rings (SSSR count). The lowest BCUT2D eigenvalue weighted by atomic mass is 10.1. The highest BCUT2D eigenvalue weighted by Gasteiger charge is 2.09. The highest BCUT2D eigenvalue weighted by Crippen LogP contribution is 2.28. The van der Waals surface area contributed by atoms with Crippen LogP contribution in [-0.4, -0.2) is 17.1 Å². The maximum atomic E-state index is 13.4. The van der Waals surface area contributed by atoms with Gasteiger partial charge in [0.25, 0.3) is 5.91 Å². The van der Waals surface area contributed by atoms with Crippen molar-refractivity contribution in [3.63, 3.8) is 0 Å². The summed E-state index contributed by atoms with van der Waals surface area (Å²) in [4.78, 5) is 17.2. The topological polar surface area (TPSA) is 75.6 Å². The molecule has 200 valence electrons. The molecule has 0 aliphatic heterocycles. The molecule has 0 bridgehead atoms. The lowest BCUT2D eigenvalue weighted by Crippen LogP contribution is -2.17. The molecule has 1 aromatic heterocycles. The van der Waals surface area contributed by atoms with Crippen molar-refractivity contribution in [2.75, 3.05) is 5.32 Å². The van der Waals surface area contributed by atoms with Crippen molar-refractivity contribution >= 4 is 50.2 Å². The number of anilines is 2. The second-order valence-electron chi connectivity index (χ2n) is 8.91. The number of carbonyl (C=O) groups excluding carboxylic acids is 1. The molecule has 6 nitrogen and oxygen atoms in total. The Morgan fingerprint density at radius 2 is 1.85 bits per heavy atom. The van der Waals surface area contributed by atoms with Gasteiger partial charge in [0.2, 0.25) is 0 Å². The number of aryl methyl sites for hydroxylation is 1. The third-order valence-electron chi connectivity index (χ3n) is 5.87. The van der Waals surface area contributed by atoms with Crippen LogP contribution in [0.25, 0.3) is 11.3 Å². The largest absolute Gasteiger partial charge is 0.488 e. The van der Waals surface area contributed by atoms with Crippen molar-refractivity contribution in [1.82, 2.24) is 10.4 Å². The number of carbonyl (C=O) groups is 1. The molecule has 0 aliphatic carbocycles. The number of rotatable bonds is 9. The smallest absolute Gasteiger partial charge is 0.271 e. The lowest BCUT2D eigenvalue weighted by Gasteiger charge is -2.09. The van der Waals surface area contributed by atoms with Crippen molar-refractivity contribution in [2.45, 2.75) is 13.5 Å². The zero-order chi connectivity index (χ0) is 27.9. The molecule has 4 aromatic carbocycles. The summed E-state index contributed by atoms with van der Waals surface area (Å²) in [6.07, 6.45) is 1.55. The quantitative estimate of drug-likeness (QED) is 0.130. The fraction of sp³-hybridized carbons (Fsp3) is 0.0645. The normalized spacial score (nSPS) is 11.0. The maximum Gasteiger partial charge on any atom is 0.271 e. The molecule has 0 unspecified atom stereocenters. The molecule has 0 spiro atoms. The van der Waals surface area contributed by atoms with Crippen LogP contribution in [0.4, 0.5) is 15.2 Å². The van der Waals surface area contributed by atoms with Gasteiger partial charge in [-0.3, -0.25) is 4.79 Å². The Hall–Kier alpha value is -4.34. The van der Waals surface area contributed by atoms with Crippen LogP contribution in [0.2, 0.25) is 0 Å². The molecule has 40 heavy (non-hydrogen) atoms. The van der Waals surface area contributed by atoms with Gasteiger partial charge >= 0.3 is 0 Å². The number of amides is 1. The number of aromatic nitrogens is 1. The molecule has 0 saturated heterocycles. The summed E-state index contributed by atoms with van der Waals surface area (Å²) in [6, 6.07) is 27.0. The summed E-state index contributed by atoms with van der Waals surface area (Å²) in [5.41, 5.74) is 8.47. The molecule has 0 aliphatic rings. The number of hydrogen-bond acceptors (Lipinski definition) is 6. The first kappa shape index (κ1) is 27.2. The minimum absolute atomic E-state index is 0.243. The van der Waals surface area contributed by atoms with Crippen LogP contribution in [0.1, 0.15) is 27.0 Å². The van der Waals surface area contributed by atoms with E-state index >= 15 is 0 Å². The van der Waals surface area contributed by atoms with Crippen LogP contribution in [0, 0.1) is 12.7 Å². The maximum absolute atomic E-state index is 13.4. The Labute approximate surface area is 243 Å². The molecular weight excluding hydrogens is 591 g/mol. The van der Waals surface area contributed by atoms with Gasteiger partial charge in [-0.15, -0.1) is 11.3 Å². The summed E-state index contributed by atoms with van der Waals surface area (Å²) in [7, 11) is 0. The molecule has 0 atom stereocenters. The zero-order valence-corrected chi connectivity index (χ0v) is 23.8. The first-order valence-electron chi connectivity index (χ1n) is 12.3. The van der Waals surface area contributed by atoms with Gasteiger partial charge in [0.15, 0.2) is 5.13 Å². The Morgan fingerprint density at radius 3 is 2.60 bits per heavy atom. The van der Waals surface area contributed by atoms with Crippen LogP contribution in [-0.2, 0) is 6.61 Å². The minimum atomic E-state index is -0.322. The summed E-state index contributed by atoms with van der Waals surface area (Å²) in [5, 5.41) is 10.2. The third-order valence-corrected chi connectivity index (χ3v) is 7.25. The first-order valence-corrected chi connectivity index (χ1v) is 14.0. The van der Waals surface area contributed by atoms with E-state index in [-0.39, 0.29) is 18.3 Å². The van der Waals surface area contributed by atoms with Gasteiger partial charge in [-0.2, -0.15) is 5.10 Å². The van der Waals surface area contributed by atoms with Crippen molar-refractivity contribution in [3.8, 4) is 17.0 Å². The number of hydrogen-bond donors (Lipinski definition) is 2. The predicted octanol–water partition coefficient (Wildman–Crippen LogP) is 8.11. The first-order chi connectivity index (χ1) is 19.4. The summed E-state index contributed by atoms with van der Waals surface area (Å²) in [5.74, 6) is -0.00878. The van der Waals surface area contributed by atoms with Gasteiger partial charge in [0.1, 0.15) is 18.2 Å². The van der Waals surface area contributed by atoms with Gasteiger partial charge in [-0.1, -0.05) is 42.0 Å².